The first-order valence-electron chi connectivity index (χ1n) is 10.9. The van der Waals surface area contributed by atoms with E-state index in [0.717, 1.165) is 22.3 Å². The van der Waals surface area contributed by atoms with E-state index in [1.165, 1.54) is 11.3 Å². The summed E-state index contributed by atoms with van der Waals surface area (Å²) >= 11 is 1.41. The Labute approximate surface area is 203 Å². The van der Waals surface area contributed by atoms with Crippen molar-refractivity contribution in [2.75, 3.05) is 13.7 Å². The average molecular weight is 472 g/mol. The molecule has 0 fully saturated rings. The van der Waals surface area contributed by atoms with E-state index in [1.54, 1.807) is 20.2 Å². The molecular weight excluding hydrogens is 446 g/mol. The Morgan fingerprint density at radius 3 is 2.41 bits per heavy atom. The lowest BCUT2D eigenvalue weighted by atomic mass is 10.0. The molecule has 34 heavy (non-hydrogen) atoms. The average Bonchev–Trinajstić information content (AvgIpc) is 3.32. The van der Waals surface area contributed by atoms with E-state index in [9.17, 15) is 4.79 Å². The summed E-state index contributed by atoms with van der Waals surface area (Å²) < 4.78 is 16.8. The van der Waals surface area contributed by atoms with Crippen molar-refractivity contribution in [2.45, 2.75) is 13.5 Å². The maximum atomic E-state index is 12.7. The zero-order chi connectivity index (χ0) is 23.8. The molecule has 0 unspecified atom stereocenters. The quantitative estimate of drug-likeness (QED) is 0.196. The molecule has 0 saturated heterocycles. The van der Waals surface area contributed by atoms with Gasteiger partial charge in [0.1, 0.15) is 17.2 Å². The molecule has 0 radical (unpaired) electrons. The minimum atomic E-state index is -0.378. The van der Waals surface area contributed by atoms with Gasteiger partial charge in [0.2, 0.25) is 0 Å². The highest BCUT2D eigenvalue weighted by atomic mass is 32.1. The summed E-state index contributed by atoms with van der Waals surface area (Å²) in [4.78, 5) is 17.4. The first-order chi connectivity index (χ1) is 16.7. The van der Waals surface area contributed by atoms with Crippen LogP contribution in [0.5, 0.6) is 11.5 Å². The van der Waals surface area contributed by atoms with Crippen LogP contribution in [-0.4, -0.2) is 25.9 Å². The molecule has 4 rings (SSSR count). The molecule has 0 N–H and O–H groups in total. The van der Waals surface area contributed by atoms with Crippen LogP contribution in [0.3, 0.4) is 0 Å². The number of hydrogen-bond donors (Lipinski definition) is 0. The van der Waals surface area contributed by atoms with Gasteiger partial charge in [0.15, 0.2) is 11.5 Å². The van der Waals surface area contributed by atoms with Gasteiger partial charge < -0.3 is 14.2 Å². The lowest BCUT2D eigenvalue weighted by Crippen LogP contribution is -2.05. The van der Waals surface area contributed by atoms with Crippen LogP contribution < -0.4 is 9.47 Å². The summed E-state index contributed by atoms with van der Waals surface area (Å²) in [5.41, 5.74) is 4.15. The van der Waals surface area contributed by atoms with E-state index in [1.807, 2.05) is 84.2 Å². The summed E-state index contributed by atoms with van der Waals surface area (Å²) in [5, 5.41) is 2.54. The standard InChI is InChI=1S/C28H25NO4S/c1-3-32-28(30)26-23(22-12-8-5-9-13-22)19-34-27(26)29-17-21-14-15-24(25(16-21)31-2)33-18-20-10-6-4-7-11-20/h4-17,19H,3,18H2,1-2H3. The van der Waals surface area contributed by atoms with Gasteiger partial charge in [-0.15, -0.1) is 11.3 Å². The van der Waals surface area contributed by atoms with Crippen LogP contribution in [0.1, 0.15) is 28.4 Å². The topological polar surface area (TPSA) is 57.1 Å². The molecule has 0 amide bonds. The second-order valence-corrected chi connectivity index (χ2v) is 8.22. The van der Waals surface area contributed by atoms with Crippen LogP contribution in [0.4, 0.5) is 5.00 Å². The van der Waals surface area contributed by atoms with E-state index in [4.69, 9.17) is 14.2 Å². The molecule has 0 aliphatic rings. The fraction of sp³-hybridized carbons (Fsp3) is 0.143. The number of benzene rings is 3. The first kappa shape index (κ1) is 23.3. The van der Waals surface area contributed by atoms with Crippen molar-refractivity contribution in [3.63, 3.8) is 0 Å². The van der Waals surface area contributed by atoms with Gasteiger partial charge in [0, 0.05) is 17.2 Å². The highest BCUT2D eigenvalue weighted by molar-refractivity contribution is 7.14. The number of esters is 1. The Bertz CT molecular complexity index is 1270. The second-order valence-electron chi connectivity index (χ2n) is 7.36. The number of ether oxygens (including phenoxy) is 3. The Morgan fingerprint density at radius 1 is 0.971 bits per heavy atom. The SMILES string of the molecule is CCOC(=O)c1c(-c2ccccc2)csc1N=Cc1ccc(OCc2ccccc2)c(OC)c1. The summed E-state index contributed by atoms with van der Waals surface area (Å²) in [6.07, 6.45) is 1.72. The van der Waals surface area contributed by atoms with Crippen molar-refractivity contribution < 1.29 is 19.0 Å². The van der Waals surface area contributed by atoms with Crippen molar-refractivity contribution in [3.8, 4) is 22.6 Å². The highest BCUT2D eigenvalue weighted by Gasteiger charge is 2.21. The van der Waals surface area contributed by atoms with E-state index in [2.05, 4.69) is 4.99 Å². The van der Waals surface area contributed by atoms with Crippen LogP contribution in [0.2, 0.25) is 0 Å². The van der Waals surface area contributed by atoms with Gasteiger partial charge in [-0.25, -0.2) is 9.79 Å². The maximum absolute atomic E-state index is 12.7. The van der Waals surface area contributed by atoms with Crippen molar-refractivity contribution in [1.29, 1.82) is 0 Å². The minimum Gasteiger partial charge on any atom is -0.493 e. The van der Waals surface area contributed by atoms with Crippen LogP contribution in [0.25, 0.3) is 11.1 Å². The van der Waals surface area contributed by atoms with Gasteiger partial charge in [-0.3, -0.25) is 0 Å². The molecule has 0 spiro atoms. The van der Waals surface area contributed by atoms with Crippen LogP contribution >= 0.6 is 11.3 Å². The molecule has 1 aromatic heterocycles. The van der Waals surface area contributed by atoms with Gasteiger partial charge in [-0.1, -0.05) is 60.7 Å². The lowest BCUT2D eigenvalue weighted by molar-refractivity contribution is 0.0529. The number of carbonyl (C=O) groups is 1. The number of methoxy groups -OCH3 is 1. The van der Waals surface area contributed by atoms with Crippen LogP contribution in [0, 0.1) is 0 Å². The largest absolute Gasteiger partial charge is 0.493 e. The summed E-state index contributed by atoms with van der Waals surface area (Å²) in [5.74, 6) is 0.886. The second kappa shape index (κ2) is 11.3. The third kappa shape index (κ3) is 5.53. The third-order valence-electron chi connectivity index (χ3n) is 5.09. The van der Waals surface area contributed by atoms with Crippen molar-refractivity contribution >= 4 is 28.5 Å². The zero-order valence-corrected chi connectivity index (χ0v) is 19.9. The molecule has 4 aromatic rings. The number of carbonyl (C=O) groups excluding carboxylic acids is 1. The molecule has 172 valence electrons. The zero-order valence-electron chi connectivity index (χ0n) is 19.1. The highest BCUT2D eigenvalue weighted by Crippen LogP contribution is 2.38. The Kier molecular flexibility index (Phi) is 7.73. The maximum Gasteiger partial charge on any atom is 0.341 e. The Balaban J connectivity index is 1.58. The number of aliphatic imine (C=N–C) groups is 1. The Morgan fingerprint density at radius 2 is 1.71 bits per heavy atom. The van der Waals surface area contributed by atoms with Gasteiger partial charge in [-0.2, -0.15) is 0 Å². The third-order valence-corrected chi connectivity index (χ3v) is 5.98. The summed E-state index contributed by atoms with van der Waals surface area (Å²) in [6.45, 7) is 2.54. The van der Waals surface area contributed by atoms with Gasteiger partial charge in [-0.05, 0) is 41.8 Å². The molecule has 0 saturated carbocycles. The van der Waals surface area contributed by atoms with Gasteiger partial charge >= 0.3 is 5.97 Å². The fourth-order valence-electron chi connectivity index (χ4n) is 3.43. The molecule has 0 aliphatic carbocycles. The molecule has 0 atom stereocenters. The van der Waals surface area contributed by atoms with Gasteiger partial charge in [0.05, 0.1) is 13.7 Å². The van der Waals surface area contributed by atoms with E-state index in [0.29, 0.717) is 35.3 Å². The minimum absolute atomic E-state index is 0.299. The van der Waals surface area contributed by atoms with E-state index < -0.39 is 0 Å². The number of rotatable bonds is 9. The predicted molar refractivity (Wildman–Crippen MR) is 137 cm³/mol. The van der Waals surface area contributed by atoms with Crippen LogP contribution in [0.15, 0.2) is 89.2 Å². The molecule has 1 heterocycles. The molecular formula is C28H25NO4S. The Hall–Kier alpha value is -3.90. The van der Waals surface area contributed by atoms with Crippen molar-refractivity contribution in [3.05, 3.63) is 101 Å². The fourth-order valence-corrected chi connectivity index (χ4v) is 4.33. The van der Waals surface area contributed by atoms with Crippen molar-refractivity contribution in [2.24, 2.45) is 4.99 Å². The van der Waals surface area contributed by atoms with Gasteiger partial charge in [0.25, 0.3) is 0 Å². The first-order valence-corrected chi connectivity index (χ1v) is 11.8. The van der Waals surface area contributed by atoms with Crippen molar-refractivity contribution in [1.82, 2.24) is 0 Å². The van der Waals surface area contributed by atoms with E-state index in [-0.39, 0.29) is 5.97 Å². The molecule has 0 aliphatic heterocycles. The molecule has 6 heteroatoms. The normalized spacial score (nSPS) is 10.9. The number of nitrogens with zero attached hydrogens (tertiary/aromatic N) is 1. The van der Waals surface area contributed by atoms with E-state index >= 15 is 0 Å². The summed E-state index contributed by atoms with van der Waals surface area (Å²) in [6, 6.07) is 25.4. The number of hydrogen-bond acceptors (Lipinski definition) is 6. The number of thiophene rings is 1. The summed E-state index contributed by atoms with van der Waals surface area (Å²) in [7, 11) is 1.61. The monoisotopic (exact) mass is 471 g/mol. The molecule has 0 bridgehead atoms. The lowest BCUT2D eigenvalue weighted by Gasteiger charge is -2.11. The van der Waals surface area contributed by atoms with Crippen LogP contribution in [-0.2, 0) is 11.3 Å². The predicted octanol–water partition coefficient (Wildman–Crippen LogP) is 6.93. The molecule has 3 aromatic carbocycles. The molecule has 5 nitrogen and oxygen atoms in total. The smallest absolute Gasteiger partial charge is 0.341 e.